The molecule has 0 unspecified atom stereocenters. The Labute approximate surface area is 124 Å². The normalized spacial score (nSPS) is 16.9. The smallest absolute Gasteiger partial charge is 0.0701 e. The van der Waals surface area contributed by atoms with Crippen molar-refractivity contribution in [2.24, 2.45) is 5.73 Å². The maximum Gasteiger partial charge on any atom is 0.0701 e. The van der Waals surface area contributed by atoms with E-state index in [9.17, 15) is 0 Å². The molecule has 110 valence electrons. The number of thiophene rings is 1. The van der Waals surface area contributed by atoms with Crippen LogP contribution < -0.4 is 5.73 Å². The van der Waals surface area contributed by atoms with Gasteiger partial charge in [0.05, 0.1) is 25.9 Å². The van der Waals surface area contributed by atoms with Crippen molar-refractivity contribution in [1.29, 1.82) is 0 Å². The maximum absolute atomic E-state index is 8.77. The van der Waals surface area contributed by atoms with Gasteiger partial charge in [-0.25, -0.2) is 0 Å². The molecule has 2 heterocycles. The molecule has 0 aliphatic carbocycles. The van der Waals surface area contributed by atoms with Crippen molar-refractivity contribution in [2.75, 3.05) is 32.8 Å². The second-order valence-corrected chi connectivity index (χ2v) is 5.83. The maximum atomic E-state index is 8.77. The summed E-state index contributed by atoms with van der Waals surface area (Å²) in [5.41, 5.74) is 6.53. The van der Waals surface area contributed by atoms with E-state index in [4.69, 9.17) is 15.6 Å². The summed E-state index contributed by atoms with van der Waals surface area (Å²) in [6.45, 7) is 4.00. The van der Waals surface area contributed by atoms with Gasteiger partial charge in [-0.15, -0.1) is 11.3 Å². The van der Waals surface area contributed by atoms with Crippen LogP contribution in [0, 0.1) is 11.8 Å². The first kappa shape index (κ1) is 15.5. The monoisotopic (exact) mass is 294 g/mol. The van der Waals surface area contributed by atoms with E-state index in [1.165, 1.54) is 4.88 Å². The number of nitrogens with two attached hydrogens (primary N) is 1. The summed E-state index contributed by atoms with van der Waals surface area (Å²) in [4.78, 5) is 3.76. The van der Waals surface area contributed by atoms with E-state index >= 15 is 0 Å². The molecule has 5 heteroatoms. The van der Waals surface area contributed by atoms with Crippen LogP contribution in [0.25, 0.3) is 0 Å². The first-order valence-electron chi connectivity index (χ1n) is 7.03. The summed E-state index contributed by atoms with van der Waals surface area (Å²) in [5, 5.41) is 10.9. The van der Waals surface area contributed by atoms with Gasteiger partial charge in [-0.1, -0.05) is 11.8 Å². The summed E-state index contributed by atoms with van der Waals surface area (Å²) in [7, 11) is 0. The highest BCUT2D eigenvalue weighted by atomic mass is 32.1. The average Bonchev–Trinajstić information content (AvgIpc) is 2.91. The van der Waals surface area contributed by atoms with Gasteiger partial charge in [-0.05, 0) is 24.3 Å². The van der Waals surface area contributed by atoms with Gasteiger partial charge in [0.25, 0.3) is 0 Å². The van der Waals surface area contributed by atoms with Crippen molar-refractivity contribution in [2.45, 2.75) is 25.5 Å². The Hall–Kier alpha value is -0.900. The Bertz CT molecular complexity index is 456. The average molecular weight is 294 g/mol. The Morgan fingerprint density at radius 2 is 2.25 bits per heavy atom. The van der Waals surface area contributed by atoms with E-state index in [2.05, 4.69) is 28.2 Å². The Morgan fingerprint density at radius 1 is 1.45 bits per heavy atom. The number of hydrogen-bond donors (Lipinski definition) is 2. The van der Waals surface area contributed by atoms with Crippen LogP contribution in [0.2, 0.25) is 0 Å². The lowest BCUT2D eigenvalue weighted by atomic mass is 10.1. The molecule has 0 saturated carbocycles. The quantitative estimate of drug-likeness (QED) is 0.797. The Kier molecular flexibility index (Phi) is 6.51. The zero-order valence-electron chi connectivity index (χ0n) is 11.7. The summed E-state index contributed by atoms with van der Waals surface area (Å²) in [5.74, 6) is 6.06. The molecular formula is C15H22N2O2S. The lowest BCUT2D eigenvalue weighted by Crippen LogP contribution is -2.36. The zero-order valence-corrected chi connectivity index (χ0v) is 12.5. The summed E-state index contributed by atoms with van der Waals surface area (Å²) in [6, 6.07) is 2.07. The molecule has 0 atom stereocenters. The van der Waals surface area contributed by atoms with E-state index in [0.29, 0.717) is 19.3 Å². The van der Waals surface area contributed by atoms with Gasteiger partial charge in [-0.2, -0.15) is 0 Å². The molecular weight excluding hydrogens is 272 g/mol. The number of likely N-dealkylation sites (tertiary alicyclic amines) is 1. The third kappa shape index (κ3) is 4.58. The van der Waals surface area contributed by atoms with E-state index in [-0.39, 0.29) is 6.61 Å². The third-order valence-corrected chi connectivity index (χ3v) is 4.32. The standard InChI is InChI=1S/C15H22N2O2S/c16-6-1-2-13-5-11-20-15(13)12-17-7-3-14(4-8-17)19-10-9-18/h5,11,14,18H,3-4,6-10,12,16H2. The minimum absolute atomic E-state index is 0.110. The molecule has 3 N–H and O–H groups in total. The van der Waals surface area contributed by atoms with E-state index in [1.54, 1.807) is 11.3 Å². The topological polar surface area (TPSA) is 58.7 Å². The van der Waals surface area contributed by atoms with Crippen LogP contribution in [0.3, 0.4) is 0 Å². The lowest BCUT2D eigenvalue weighted by Gasteiger charge is -2.31. The van der Waals surface area contributed by atoms with Gasteiger partial charge in [0.1, 0.15) is 0 Å². The minimum atomic E-state index is 0.110. The molecule has 0 amide bonds. The summed E-state index contributed by atoms with van der Waals surface area (Å²) < 4.78 is 5.58. The lowest BCUT2D eigenvalue weighted by molar-refractivity contribution is -0.00887. The molecule has 1 saturated heterocycles. The van der Waals surface area contributed by atoms with Gasteiger partial charge in [0.2, 0.25) is 0 Å². The first-order valence-corrected chi connectivity index (χ1v) is 7.91. The van der Waals surface area contributed by atoms with Crippen molar-refractivity contribution in [1.82, 2.24) is 4.90 Å². The molecule has 20 heavy (non-hydrogen) atoms. The Balaban J connectivity index is 1.82. The van der Waals surface area contributed by atoms with Crippen LogP contribution in [0.1, 0.15) is 23.3 Å². The number of aliphatic hydroxyl groups excluding tert-OH is 1. The van der Waals surface area contributed by atoms with Gasteiger partial charge >= 0.3 is 0 Å². The fraction of sp³-hybridized carbons (Fsp3) is 0.600. The van der Waals surface area contributed by atoms with Crippen LogP contribution in [0.5, 0.6) is 0 Å². The van der Waals surface area contributed by atoms with Crippen molar-refractivity contribution >= 4 is 11.3 Å². The van der Waals surface area contributed by atoms with Crippen molar-refractivity contribution < 1.29 is 9.84 Å². The summed E-state index contributed by atoms with van der Waals surface area (Å²) >= 11 is 1.76. The third-order valence-electron chi connectivity index (χ3n) is 3.42. The van der Waals surface area contributed by atoms with Crippen LogP contribution in [-0.4, -0.2) is 49.0 Å². The van der Waals surface area contributed by atoms with Crippen LogP contribution in [0.15, 0.2) is 11.4 Å². The molecule has 0 radical (unpaired) electrons. The molecule has 1 fully saturated rings. The number of nitrogens with zero attached hydrogens (tertiary/aromatic N) is 1. The van der Waals surface area contributed by atoms with Crippen LogP contribution in [-0.2, 0) is 11.3 Å². The van der Waals surface area contributed by atoms with E-state index in [0.717, 1.165) is 38.0 Å². The van der Waals surface area contributed by atoms with Gasteiger partial charge in [0.15, 0.2) is 0 Å². The number of aliphatic hydroxyl groups is 1. The highest BCUT2D eigenvalue weighted by molar-refractivity contribution is 7.10. The van der Waals surface area contributed by atoms with Crippen LogP contribution >= 0.6 is 11.3 Å². The predicted molar refractivity (Wildman–Crippen MR) is 81.6 cm³/mol. The highest BCUT2D eigenvalue weighted by Gasteiger charge is 2.20. The molecule has 0 bridgehead atoms. The molecule has 2 rings (SSSR count). The molecule has 0 spiro atoms. The van der Waals surface area contributed by atoms with Crippen LogP contribution in [0.4, 0.5) is 0 Å². The highest BCUT2D eigenvalue weighted by Crippen LogP contribution is 2.21. The van der Waals surface area contributed by atoms with E-state index < -0.39 is 0 Å². The van der Waals surface area contributed by atoms with E-state index in [1.807, 2.05) is 0 Å². The Morgan fingerprint density at radius 3 is 2.95 bits per heavy atom. The molecule has 1 aromatic rings. The summed E-state index contributed by atoms with van der Waals surface area (Å²) in [6.07, 6.45) is 2.38. The number of ether oxygens (including phenoxy) is 1. The molecule has 1 aromatic heterocycles. The van der Waals surface area contributed by atoms with Gasteiger partial charge in [0, 0.05) is 30.1 Å². The first-order chi connectivity index (χ1) is 9.83. The minimum Gasteiger partial charge on any atom is -0.394 e. The molecule has 4 nitrogen and oxygen atoms in total. The second kappa shape index (κ2) is 8.40. The SMILES string of the molecule is NCC#Cc1ccsc1CN1CCC(OCCO)CC1. The fourth-order valence-corrected chi connectivity index (χ4v) is 3.25. The van der Waals surface area contributed by atoms with Gasteiger partial charge in [-0.3, -0.25) is 4.90 Å². The molecule has 0 aromatic carbocycles. The van der Waals surface area contributed by atoms with Crippen molar-refractivity contribution in [3.05, 3.63) is 21.9 Å². The largest absolute Gasteiger partial charge is 0.394 e. The number of rotatable bonds is 5. The van der Waals surface area contributed by atoms with Crippen molar-refractivity contribution in [3.8, 4) is 11.8 Å². The predicted octanol–water partition coefficient (Wildman–Crippen LogP) is 1.03. The molecule has 1 aliphatic heterocycles. The second-order valence-electron chi connectivity index (χ2n) is 4.83. The fourth-order valence-electron chi connectivity index (χ4n) is 2.38. The molecule has 1 aliphatic rings. The van der Waals surface area contributed by atoms with Crippen molar-refractivity contribution in [3.63, 3.8) is 0 Å². The number of hydrogen-bond acceptors (Lipinski definition) is 5. The number of piperidine rings is 1. The zero-order chi connectivity index (χ0) is 14.2. The van der Waals surface area contributed by atoms with Gasteiger partial charge < -0.3 is 15.6 Å².